The van der Waals surface area contributed by atoms with E-state index in [9.17, 15) is 9.59 Å². The molecule has 1 atom stereocenters. The van der Waals surface area contributed by atoms with E-state index in [1.54, 1.807) is 18.7 Å². The number of benzene rings is 1. The van der Waals surface area contributed by atoms with E-state index in [2.05, 4.69) is 4.98 Å². The van der Waals surface area contributed by atoms with Crippen molar-refractivity contribution in [2.45, 2.75) is 58.1 Å². The second-order valence-corrected chi connectivity index (χ2v) is 8.09. The Morgan fingerprint density at radius 3 is 2.52 bits per heavy atom. The van der Waals surface area contributed by atoms with Crippen molar-refractivity contribution < 1.29 is 14.3 Å². The summed E-state index contributed by atoms with van der Waals surface area (Å²) in [4.78, 5) is 32.0. The Morgan fingerprint density at radius 1 is 1.19 bits per heavy atom. The van der Waals surface area contributed by atoms with Crippen molar-refractivity contribution >= 4 is 23.2 Å². The van der Waals surface area contributed by atoms with E-state index in [-0.39, 0.29) is 11.9 Å². The average molecular weight is 387 g/mol. The Labute approximate surface area is 164 Å². The molecule has 1 saturated carbocycles. The van der Waals surface area contributed by atoms with Gasteiger partial charge in [-0.05, 0) is 26.7 Å². The lowest BCUT2D eigenvalue weighted by Gasteiger charge is -2.32. The van der Waals surface area contributed by atoms with Crippen molar-refractivity contribution in [1.29, 1.82) is 0 Å². The molecule has 5 nitrogen and oxygen atoms in total. The van der Waals surface area contributed by atoms with Crippen molar-refractivity contribution in [3.05, 3.63) is 40.9 Å². The largest absolute Gasteiger partial charge is 0.448 e. The number of thiazole rings is 1. The number of hydrogen-bond acceptors (Lipinski definition) is 5. The first kappa shape index (κ1) is 19.5. The highest BCUT2D eigenvalue weighted by molar-refractivity contribution is 7.17. The van der Waals surface area contributed by atoms with Crippen LogP contribution in [0.4, 0.5) is 0 Å². The van der Waals surface area contributed by atoms with Gasteiger partial charge in [0.25, 0.3) is 5.91 Å². The third-order valence-corrected chi connectivity index (χ3v) is 6.29. The van der Waals surface area contributed by atoms with Crippen molar-refractivity contribution in [2.24, 2.45) is 0 Å². The smallest absolute Gasteiger partial charge is 0.351 e. The summed E-state index contributed by atoms with van der Waals surface area (Å²) in [5, 5.41) is 0.776. The van der Waals surface area contributed by atoms with Crippen molar-refractivity contribution in [3.63, 3.8) is 0 Å². The van der Waals surface area contributed by atoms with Crippen LogP contribution >= 0.6 is 11.3 Å². The van der Waals surface area contributed by atoms with E-state index in [1.807, 2.05) is 37.4 Å². The van der Waals surface area contributed by atoms with E-state index in [0.717, 1.165) is 36.3 Å². The number of ether oxygens (including phenoxy) is 1. The number of esters is 1. The molecule has 0 aliphatic heterocycles. The average Bonchev–Trinajstić information content (AvgIpc) is 3.10. The second-order valence-electron chi connectivity index (χ2n) is 7.09. The maximum Gasteiger partial charge on any atom is 0.351 e. The minimum absolute atomic E-state index is 0.138. The summed E-state index contributed by atoms with van der Waals surface area (Å²) in [6, 6.07) is 9.98. The molecule has 0 unspecified atom stereocenters. The summed E-state index contributed by atoms with van der Waals surface area (Å²) in [6.07, 6.45) is 4.79. The van der Waals surface area contributed by atoms with Crippen LogP contribution in [-0.4, -0.2) is 41.0 Å². The molecule has 144 valence electrons. The molecule has 2 aromatic rings. The van der Waals surface area contributed by atoms with Crippen LogP contribution in [0.3, 0.4) is 0 Å². The second kappa shape index (κ2) is 8.65. The van der Waals surface area contributed by atoms with Gasteiger partial charge in [-0.15, -0.1) is 11.3 Å². The van der Waals surface area contributed by atoms with Crippen molar-refractivity contribution in [2.75, 3.05) is 7.05 Å². The van der Waals surface area contributed by atoms with Crippen LogP contribution in [0.25, 0.3) is 10.6 Å². The van der Waals surface area contributed by atoms with Crippen molar-refractivity contribution in [1.82, 2.24) is 9.88 Å². The number of hydrogen-bond donors (Lipinski definition) is 0. The molecule has 0 radical (unpaired) electrons. The molecule has 0 saturated heterocycles. The molecule has 1 aromatic heterocycles. The first-order chi connectivity index (χ1) is 13.0. The summed E-state index contributed by atoms with van der Waals surface area (Å²) < 4.78 is 5.48. The van der Waals surface area contributed by atoms with E-state index in [4.69, 9.17) is 4.74 Å². The highest BCUT2D eigenvalue weighted by atomic mass is 32.1. The van der Waals surface area contributed by atoms with E-state index in [1.165, 1.54) is 17.8 Å². The highest BCUT2D eigenvalue weighted by Crippen LogP contribution is 2.29. The number of amides is 1. The zero-order valence-electron chi connectivity index (χ0n) is 16.1. The standard InChI is InChI=1S/C21H26N2O3S/c1-14-18(27-19(22-14)16-10-6-4-7-11-16)21(25)26-15(2)20(24)23(3)17-12-8-5-9-13-17/h4,6-7,10-11,15,17H,5,8-9,12-13H2,1-3H3/t15-/m0/s1. The summed E-state index contributed by atoms with van der Waals surface area (Å²) in [7, 11) is 1.81. The normalized spacial score (nSPS) is 16.0. The van der Waals surface area contributed by atoms with Gasteiger partial charge in [0.15, 0.2) is 6.10 Å². The highest BCUT2D eigenvalue weighted by Gasteiger charge is 2.29. The van der Waals surface area contributed by atoms with E-state index in [0.29, 0.717) is 10.6 Å². The van der Waals surface area contributed by atoms with Gasteiger partial charge in [-0.1, -0.05) is 49.6 Å². The number of aromatic nitrogens is 1. The van der Waals surface area contributed by atoms with Crippen LogP contribution < -0.4 is 0 Å². The lowest BCUT2D eigenvalue weighted by atomic mass is 9.94. The maximum absolute atomic E-state index is 12.7. The lowest BCUT2D eigenvalue weighted by Crippen LogP contribution is -2.44. The van der Waals surface area contributed by atoms with Crippen LogP contribution in [0.1, 0.15) is 54.4 Å². The zero-order valence-corrected chi connectivity index (χ0v) is 16.9. The molecular weight excluding hydrogens is 360 g/mol. The Kier molecular flexibility index (Phi) is 6.26. The van der Waals surface area contributed by atoms with Crippen LogP contribution in [0, 0.1) is 6.92 Å². The molecule has 1 heterocycles. The molecule has 1 aromatic carbocycles. The van der Waals surface area contributed by atoms with Gasteiger partial charge >= 0.3 is 5.97 Å². The number of likely N-dealkylation sites (N-methyl/N-ethyl adjacent to an activating group) is 1. The third-order valence-electron chi connectivity index (χ3n) is 5.10. The van der Waals surface area contributed by atoms with E-state index < -0.39 is 12.1 Å². The van der Waals surface area contributed by atoms with E-state index >= 15 is 0 Å². The Hall–Kier alpha value is -2.21. The molecular formula is C21H26N2O3S. The maximum atomic E-state index is 12.7. The minimum atomic E-state index is -0.800. The first-order valence-corrected chi connectivity index (χ1v) is 10.3. The first-order valence-electron chi connectivity index (χ1n) is 9.48. The number of nitrogens with zero attached hydrogens (tertiary/aromatic N) is 2. The van der Waals surface area contributed by atoms with Crippen LogP contribution in [-0.2, 0) is 9.53 Å². The lowest BCUT2D eigenvalue weighted by molar-refractivity contribution is -0.141. The number of carbonyl (C=O) groups is 2. The molecule has 6 heteroatoms. The molecule has 0 bridgehead atoms. The van der Waals surface area contributed by atoms with Crippen molar-refractivity contribution in [3.8, 4) is 10.6 Å². The third kappa shape index (κ3) is 4.56. The Balaban J connectivity index is 1.66. The Bertz CT molecular complexity index is 797. The van der Waals surface area contributed by atoms with Gasteiger partial charge in [0.1, 0.15) is 9.88 Å². The predicted octanol–water partition coefficient (Wildman–Crippen LogP) is 4.45. The molecule has 1 amide bonds. The van der Waals surface area contributed by atoms with Gasteiger partial charge in [0.05, 0.1) is 5.69 Å². The van der Waals surface area contributed by atoms with Gasteiger partial charge in [-0.3, -0.25) is 4.79 Å². The predicted molar refractivity (Wildman–Crippen MR) is 107 cm³/mol. The summed E-state index contributed by atoms with van der Waals surface area (Å²) in [6.45, 7) is 3.44. The minimum Gasteiger partial charge on any atom is -0.448 e. The fourth-order valence-electron chi connectivity index (χ4n) is 3.49. The molecule has 27 heavy (non-hydrogen) atoms. The molecule has 0 spiro atoms. The zero-order chi connectivity index (χ0) is 19.4. The van der Waals surface area contributed by atoms with Gasteiger partial charge in [-0.2, -0.15) is 0 Å². The monoisotopic (exact) mass is 386 g/mol. The van der Waals surface area contributed by atoms with Crippen LogP contribution in [0.5, 0.6) is 0 Å². The number of aryl methyl sites for hydroxylation is 1. The molecule has 1 aliphatic carbocycles. The van der Waals surface area contributed by atoms with Gasteiger partial charge in [0.2, 0.25) is 0 Å². The summed E-state index contributed by atoms with van der Waals surface area (Å²) >= 11 is 1.30. The van der Waals surface area contributed by atoms with Gasteiger partial charge in [0, 0.05) is 18.7 Å². The number of carbonyl (C=O) groups excluding carboxylic acids is 2. The van der Waals surface area contributed by atoms with Gasteiger partial charge in [-0.25, -0.2) is 9.78 Å². The van der Waals surface area contributed by atoms with Crippen LogP contribution in [0.15, 0.2) is 30.3 Å². The summed E-state index contributed by atoms with van der Waals surface area (Å²) in [5.74, 6) is -0.620. The molecule has 0 N–H and O–H groups in total. The van der Waals surface area contributed by atoms with Crippen LogP contribution in [0.2, 0.25) is 0 Å². The quantitative estimate of drug-likeness (QED) is 0.712. The molecule has 3 rings (SSSR count). The summed E-state index contributed by atoms with van der Waals surface area (Å²) in [5.41, 5.74) is 1.59. The van der Waals surface area contributed by atoms with Gasteiger partial charge < -0.3 is 9.64 Å². The Morgan fingerprint density at radius 2 is 1.85 bits per heavy atom. The fourth-order valence-corrected chi connectivity index (χ4v) is 4.44. The SMILES string of the molecule is Cc1nc(-c2ccccc2)sc1C(=O)O[C@@H](C)C(=O)N(C)C1CCCCC1. The topological polar surface area (TPSA) is 59.5 Å². The fraction of sp³-hybridized carbons (Fsp3) is 0.476. The number of rotatable bonds is 5. The molecule has 1 aliphatic rings. The molecule has 1 fully saturated rings.